The van der Waals surface area contributed by atoms with E-state index in [2.05, 4.69) is 0 Å². The summed E-state index contributed by atoms with van der Waals surface area (Å²) in [6.45, 7) is 3.99. The van der Waals surface area contributed by atoms with E-state index in [0.717, 1.165) is 5.56 Å². The highest BCUT2D eigenvalue weighted by Crippen LogP contribution is 2.20. The van der Waals surface area contributed by atoms with E-state index in [9.17, 15) is 8.42 Å². The average molecular weight is 287 g/mol. The molecule has 0 fully saturated rings. The van der Waals surface area contributed by atoms with E-state index in [0.29, 0.717) is 12.2 Å². The Bertz CT molecular complexity index is 513. The summed E-state index contributed by atoms with van der Waals surface area (Å²) < 4.78 is 31.3. The van der Waals surface area contributed by atoms with Gasteiger partial charge in [0.1, 0.15) is 0 Å². The predicted octanol–water partition coefficient (Wildman–Crippen LogP) is 0.933. The summed E-state index contributed by atoms with van der Waals surface area (Å²) in [5, 5.41) is 9.02. The van der Waals surface area contributed by atoms with Gasteiger partial charge in [-0.3, -0.25) is 0 Å². The maximum atomic E-state index is 12.6. The highest BCUT2D eigenvalue weighted by atomic mass is 32.2. The van der Waals surface area contributed by atoms with E-state index >= 15 is 0 Å². The van der Waals surface area contributed by atoms with Crippen LogP contribution in [-0.2, 0) is 14.8 Å². The first-order chi connectivity index (χ1) is 8.93. The van der Waals surface area contributed by atoms with Crippen LogP contribution >= 0.6 is 0 Å². The van der Waals surface area contributed by atoms with Crippen molar-refractivity contribution in [2.75, 3.05) is 33.4 Å². The first kappa shape index (κ1) is 16.1. The van der Waals surface area contributed by atoms with Crippen molar-refractivity contribution in [1.29, 1.82) is 0 Å². The third kappa shape index (κ3) is 4.01. The van der Waals surface area contributed by atoms with Crippen molar-refractivity contribution in [1.82, 2.24) is 4.31 Å². The largest absolute Gasteiger partial charge is 0.395 e. The molecule has 5 nitrogen and oxygen atoms in total. The first-order valence-corrected chi connectivity index (χ1v) is 7.54. The second kappa shape index (κ2) is 7.00. The van der Waals surface area contributed by atoms with Gasteiger partial charge in [0, 0.05) is 20.2 Å². The number of nitrogens with zero attached hydrogens (tertiary/aromatic N) is 1. The molecule has 0 aliphatic carbocycles. The van der Waals surface area contributed by atoms with E-state index in [1.165, 1.54) is 11.4 Å². The molecule has 0 saturated carbocycles. The second-order valence-corrected chi connectivity index (χ2v) is 6.30. The zero-order valence-electron chi connectivity index (χ0n) is 11.6. The number of rotatable bonds is 7. The van der Waals surface area contributed by atoms with E-state index in [-0.39, 0.29) is 24.6 Å². The minimum Gasteiger partial charge on any atom is -0.395 e. The molecule has 0 bridgehead atoms. The summed E-state index contributed by atoms with van der Waals surface area (Å²) in [7, 11) is -2.08. The van der Waals surface area contributed by atoms with Gasteiger partial charge in [0.05, 0.1) is 18.1 Å². The summed E-state index contributed by atoms with van der Waals surface area (Å²) in [5.41, 5.74) is 1.59. The maximum Gasteiger partial charge on any atom is 0.243 e. The van der Waals surface area contributed by atoms with Crippen molar-refractivity contribution in [2.24, 2.45) is 0 Å². The second-order valence-electron chi connectivity index (χ2n) is 4.39. The zero-order valence-corrected chi connectivity index (χ0v) is 12.4. The standard InChI is InChI=1S/C13H21NO4S/c1-11-4-5-12(2)13(10-11)19(16,17)14(6-8-15)7-9-18-3/h4-5,10,15H,6-9H2,1-3H3. The number of hydrogen-bond acceptors (Lipinski definition) is 4. The molecule has 0 spiro atoms. The molecule has 1 N–H and O–H groups in total. The van der Waals surface area contributed by atoms with Crippen LogP contribution in [0.1, 0.15) is 11.1 Å². The van der Waals surface area contributed by atoms with Gasteiger partial charge in [0.2, 0.25) is 10.0 Å². The van der Waals surface area contributed by atoms with Crippen LogP contribution < -0.4 is 0 Å². The topological polar surface area (TPSA) is 66.8 Å². The molecule has 6 heteroatoms. The lowest BCUT2D eigenvalue weighted by Crippen LogP contribution is -2.36. The van der Waals surface area contributed by atoms with E-state index in [4.69, 9.17) is 9.84 Å². The lowest BCUT2D eigenvalue weighted by atomic mass is 10.2. The molecule has 0 unspecified atom stereocenters. The number of sulfonamides is 1. The molecule has 0 heterocycles. The fourth-order valence-corrected chi connectivity index (χ4v) is 3.51. The van der Waals surface area contributed by atoms with Crippen molar-refractivity contribution in [3.05, 3.63) is 29.3 Å². The molecule has 1 aromatic rings. The third-order valence-corrected chi connectivity index (χ3v) is 4.90. The Morgan fingerprint density at radius 3 is 2.53 bits per heavy atom. The molecule has 0 aliphatic heterocycles. The molecule has 1 aromatic carbocycles. The van der Waals surface area contributed by atoms with Gasteiger partial charge in [-0.05, 0) is 31.0 Å². The van der Waals surface area contributed by atoms with Crippen molar-refractivity contribution in [3.63, 3.8) is 0 Å². The summed E-state index contributed by atoms with van der Waals surface area (Å²) in [5.74, 6) is 0. The van der Waals surface area contributed by atoms with Crippen LogP contribution in [0.5, 0.6) is 0 Å². The normalized spacial score (nSPS) is 12.1. The number of hydrogen-bond donors (Lipinski definition) is 1. The molecule has 0 saturated heterocycles. The van der Waals surface area contributed by atoms with E-state index in [1.807, 2.05) is 13.0 Å². The summed E-state index contributed by atoms with van der Waals surface area (Å²) in [4.78, 5) is 0.289. The molecule has 108 valence electrons. The third-order valence-electron chi connectivity index (χ3n) is 2.86. The number of methoxy groups -OCH3 is 1. The molecule has 0 aliphatic rings. The molecule has 19 heavy (non-hydrogen) atoms. The fraction of sp³-hybridized carbons (Fsp3) is 0.538. The van der Waals surface area contributed by atoms with Crippen LogP contribution in [0, 0.1) is 13.8 Å². The number of aryl methyl sites for hydroxylation is 2. The van der Waals surface area contributed by atoms with Crippen LogP contribution in [-0.4, -0.2) is 51.2 Å². The SMILES string of the molecule is COCCN(CCO)S(=O)(=O)c1cc(C)ccc1C. The molecule has 0 atom stereocenters. The summed E-state index contributed by atoms with van der Waals surface area (Å²) in [6, 6.07) is 5.32. The maximum absolute atomic E-state index is 12.6. The minimum atomic E-state index is -3.60. The van der Waals surface area contributed by atoms with Crippen LogP contribution in [0.4, 0.5) is 0 Å². The van der Waals surface area contributed by atoms with Gasteiger partial charge in [-0.1, -0.05) is 12.1 Å². The van der Waals surface area contributed by atoms with Gasteiger partial charge in [-0.25, -0.2) is 8.42 Å². The predicted molar refractivity (Wildman–Crippen MR) is 73.6 cm³/mol. The number of aliphatic hydroxyl groups excluding tert-OH is 1. The fourth-order valence-electron chi connectivity index (χ4n) is 1.78. The van der Waals surface area contributed by atoms with Gasteiger partial charge in [-0.15, -0.1) is 0 Å². The van der Waals surface area contributed by atoms with Crippen molar-refractivity contribution >= 4 is 10.0 Å². The van der Waals surface area contributed by atoms with Crippen molar-refractivity contribution in [3.8, 4) is 0 Å². The van der Waals surface area contributed by atoms with E-state index in [1.54, 1.807) is 19.1 Å². The molecule has 0 amide bonds. The molecule has 0 aromatic heterocycles. The molecular formula is C13H21NO4S. The van der Waals surface area contributed by atoms with Crippen molar-refractivity contribution in [2.45, 2.75) is 18.7 Å². The quantitative estimate of drug-likeness (QED) is 0.810. The van der Waals surface area contributed by atoms with Gasteiger partial charge < -0.3 is 9.84 Å². The van der Waals surface area contributed by atoms with Gasteiger partial charge in [-0.2, -0.15) is 4.31 Å². The Labute approximate surface area is 114 Å². The molecule has 0 radical (unpaired) electrons. The Balaban J connectivity index is 3.14. The lowest BCUT2D eigenvalue weighted by Gasteiger charge is -2.22. The van der Waals surface area contributed by atoms with Gasteiger partial charge in [0.15, 0.2) is 0 Å². The minimum absolute atomic E-state index is 0.0685. The smallest absolute Gasteiger partial charge is 0.243 e. The highest BCUT2D eigenvalue weighted by Gasteiger charge is 2.25. The summed E-state index contributed by atoms with van der Waals surface area (Å²) >= 11 is 0. The first-order valence-electron chi connectivity index (χ1n) is 6.10. The highest BCUT2D eigenvalue weighted by molar-refractivity contribution is 7.89. The van der Waals surface area contributed by atoms with Gasteiger partial charge in [0.25, 0.3) is 0 Å². The molecular weight excluding hydrogens is 266 g/mol. The Kier molecular flexibility index (Phi) is 5.93. The average Bonchev–Trinajstić information content (AvgIpc) is 2.37. The Morgan fingerprint density at radius 1 is 1.26 bits per heavy atom. The van der Waals surface area contributed by atoms with Crippen LogP contribution in [0.3, 0.4) is 0 Å². The van der Waals surface area contributed by atoms with E-state index < -0.39 is 10.0 Å². The lowest BCUT2D eigenvalue weighted by molar-refractivity contribution is 0.168. The number of ether oxygens (including phenoxy) is 1. The number of benzene rings is 1. The monoisotopic (exact) mass is 287 g/mol. The van der Waals surface area contributed by atoms with Crippen molar-refractivity contribution < 1.29 is 18.3 Å². The zero-order chi connectivity index (χ0) is 14.5. The summed E-state index contributed by atoms with van der Waals surface area (Å²) in [6.07, 6.45) is 0. The Hall–Kier alpha value is -0.950. The number of aliphatic hydroxyl groups is 1. The molecule has 1 rings (SSSR count). The van der Waals surface area contributed by atoms with Gasteiger partial charge >= 0.3 is 0 Å². The van der Waals surface area contributed by atoms with Crippen LogP contribution in [0.2, 0.25) is 0 Å². The Morgan fingerprint density at radius 2 is 1.95 bits per heavy atom. The van der Waals surface area contributed by atoms with Crippen LogP contribution in [0.25, 0.3) is 0 Å². The van der Waals surface area contributed by atoms with Crippen LogP contribution in [0.15, 0.2) is 23.1 Å².